The van der Waals surface area contributed by atoms with Gasteiger partial charge in [0.25, 0.3) is 0 Å². The molecule has 0 aromatic heterocycles. The van der Waals surface area contributed by atoms with Gasteiger partial charge in [0.1, 0.15) is 0 Å². The van der Waals surface area contributed by atoms with Crippen molar-refractivity contribution >= 4 is 12.6 Å². The SMILES string of the molecule is c1ccc(C2COB(c3ccc4c(c3)OCO4)O2)cc1. The molecule has 0 bridgehead atoms. The lowest BCUT2D eigenvalue weighted by molar-refractivity contribution is 0.174. The predicted molar refractivity (Wildman–Crippen MR) is 74.2 cm³/mol. The van der Waals surface area contributed by atoms with Crippen LogP contribution < -0.4 is 14.9 Å². The topological polar surface area (TPSA) is 36.9 Å². The van der Waals surface area contributed by atoms with Crippen LogP contribution in [0.5, 0.6) is 11.5 Å². The van der Waals surface area contributed by atoms with Crippen LogP contribution in [0.2, 0.25) is 0 Å². The minimum atomic E-state index is -0.352. The molecule has 1 fully saturated rings. The first-order valence-corrected chi connectivity index (χ1v) is 6.62. The van der Waals surface area contributed by atoms with E-state index >= 15 is 0 Å². The Morgan fingerprint density at radius 1 is 0.950 bits per heavy atom. The molecule has 4 rings (SSSR count). The third-order valence-electron chi connectivity index (χ3n) is 3.53. The number of ether oxygens (including phenoxy) is 2. The molecular weight excluding hydrogens is 255 g/mol. The molecule has 0 amide bonds. The van der Waals surface area contributed by atoms with Crippen molar-refractivity contribution in [2.45, 2.75) is 6.10 Å². The molecule has 0 N–H and O–H groups in total. The molecule has 100 valence electrons. The van der Waals surface area contributed by atoms with Crippen molar-refractivity contribution in [3.8, 4) is 11.5 Å². The lowest BCUT2D eigenvalue weighted by Gasteiger charge is -2.10. The van der Waals surface area contributed by atoms with Crippen molar-refractivity contribution in [1.82, 2.24) is 0 Å². The number of rotatable bonds is 2. The summed E-state index contributed by atoms with van der Waals surface area (Å²) in [4.78, 5) is 0. The molecule has 2 aliphatic rings. The molecule has 1 unspecified atom stereocenters. The largest absolute Gasteiger partial charge is 0.494 e. The average molecular weight is 268 g/mol. The van der Waals surface area contributed by atoms with Gasteiger partial charge in [0.05, 0.1) is 12.7 Å². The van der Waals surface area contributed by atoms with Crippen LogP contribution in [0.1, 0.15) is 11.7 Å². The van der Waals surface area contributed by atoms with Crippen LogP contribution in [0.25, 0.3) is 0 Å². The summed E-state index contributed by atoms with van der Waals surface area (Å²) in [6.07, 6.45) is -0.0216. The molecule has 5 heteroatoms. The smallest absolute Gasteiger partial charge is 0.454 e. The van der Waals surface area contributed by atoms with Crippen molar-refractivity contribution < 1.29 is 18.8 Å². The monoisotopic (exact) mass is 268 g/mol. The van der Waals surface area contributed by atoms with Crippen molar-refractivity contribution in [2.75, 3.05) is 13.4 Å². The highest BCUT2D eigenvalue weighted by atomic mass is 16.7. The lowest BCUT2D eigenvalue weighted by Crippen LogP contribution is -2.31. The second-order valence-electron chi connectivity index (χ2n) is 4.81. The van der Waals surface area contributed by atoms with Crippen LogP contribution >= 0.6 is 0 Å². The zero-order chi connectivity index (χ0) is 13.4. The molecule has 1 saturated heterocycles. The molecule has 0 spiro atoms. The first kappa shape index (κ1) is 11.8. The minimum absolute atomic E-state index is 0.0216. The summed E-state index contributed by atoms with van der Waals surface area (Å²) in [5.74, 6) is 1.52. The molecule has 2 aromatic carbocycles. The maximum Gasteiger partial charge on any atom is 0.494 e. The Bertz CT molecular complexity index is 617. The normalized spacial score (nSPS) is 20.4. The Kier molecular flexibility index (Phi) is 2.87. The van der Waals surface area contributed by atoms with E-state index in [2.05, 4.69) is 12.1 Å². The fourth-order valence-electron chi connectivity index (χ4n) is 2.48. The van der Waals surface area contributed by atoms with Gasteiger partial charge in [-0.05, 0) is 23.2 Å². The Morgan fingerprint density at radius 3 is 2.70 bits per heavy atom. The molecular formula is C15H13BO4. The predicted octanol–water partition coefficient (Wildman–Crippen LogP) is 1.90. The number of benzene rings is 2. The van der Waals surface area contributed by atoms with Gasteiger partial charge in [-0.2, -0.15) is 0 Å². The Hall–Kier alpha value is -1.98. The van der Waals surface area contributed by atoms with Crippen LogP contribution in [0.4, 0.5) is 0 Å². The molecule has 20 heavy (non-hydrogen) atoms. The highest BCUT2D eigenvalue weighted by Gasteiger charge is 2.34. The van der Waals surface area contributed by atoms with Crippen LogP contribution in [0.3, 0.4) is 0 Å². The highest BCUT2D eigenvalue weighted by molar-refractivity contribution is 6.61. The molecule has 1 atom stereocenters. The lowest BCUT2D eigenvalue weighted by atomic mass is 9.79. The Labute approximate surface area is 117 Å². The van der Waals surface area contributed by atoms with E-state index < -0.39 is 0 Å². The number of fused-ring (bicyclic) bond motifs is 1. The third kappa shape index (κ3) is 2.05. The van der Waals surface area contributed by atoms with Gasteiger partial charge in [-0.3, -0.25) is 0 Å². The Morgan fingerprint density at radius 2 is 1.80 bits per heavy atom. The third-order valence-corrected chi connectivity index (χ3v) is 3.53. The van der Waals surface area contributed by atoms with Crippen LogP contribution in [0, 0.1) is 0 Å². The number of hydrogen-bond donors (Lipinski definition) is 0. The fraction of sp³-hybridized carbons (Fsp3) is 0.200. The average Bonchev–Trinajstić information content (AvgIpc) is 3.16. The van der Waals surface area contributed by atoms with E-state index in [1.165, 1.54) is 0 Å². The summed E-state index contributed by atoms with van der Waals surface area (Å²) in [6.45, 7) is 0.834. The quantitative estimate of drug-likeness (QED) is 0.779. The molecule has 0 saturated carbocycles. The van der Waals surface area contributed by atoms with Crippen molar-refractivity contribution in [3.05, 3.63) is 54.1 Å². The van der Waals surface area contributed by atoms with E-state index in [0.717, 1.165) is 22.5 Å². The molecule has 4 nitrogen and oxygen atoms in total. The maximum absolute atomic E-state index is 5.97. The van der Waals surface area contributed by atoms with Crippen molar-refractivity contribution in [3.63, 3.8) is 0 Å². The number of hydrogen-bond acceptors (Lipinski definition) is 4. The highest BCUT2D eigenvalue weighted by Crippen LogP contribution is 2.31. The second-order valence-corrected chi connectivity index (χ2v) is 4.81. The van der Waals surface area contributed by atoms with Gasteiger partial charge in [0.2, 0.25) is 6.79 Å². The summed E-state index contributed by atoms with van der Waals surface area (Å²) in [5.41, 5.74) is 2.09. The van der Waals surface area contributed by atoms with E-state index in [-0.39, 0.29) is 20.0 Å². The molecule has 2 aliphatic heterocycles. The maximum atomic E-state index is 5.97. The minimum Gasteiger partial charge on any atom is -0.454 e. The van der Waals surface area contributed by atoms with Gasteiger partial charge in [0.15, 0.2) is 11.5 Å². The molecule has 2 heterocycles. The van der Waals surface area contributed by atoms with Gasteiger partial charge < -0.3 is 18.8 Å². The van der Waals surface area contributed by atoms with Gasteiger partial charge in [-0.1, -0.05) is 36.4 Å². The standard InChI is InChI=1S/C15H13BO4/c1-2-4-11(5-3-1)15-9-19-16(20-15)12-6-7-13-14(8-12)18-10-17-13/h1-8,15H,9-10H2. The van der Waals surface area contributed by atoms with Crippen molar-refractivity contribution in [2.24, 2.45) is 0 Å². The molecule has 2 aromatic rings. The summed E-state index contributed by atoms with van der Waals surface area (Å²) < 4.78 is 22.4. The second kappa shape index (κ2) is 4.85. The van der Waals surface area contributed by atoms with E-state index in [4.69, 9.17) is 18.8 Å². The van der Waals surface area contributed by atoms with E-state index in [0.29, 0.717) is 6.61 Å². The first-order valence-electron chi connectivity index (χ1n) is 6.62. The molecule has 0 radical (unpaired) electrons. The van der Waals surface area contributed by atoms with E-state index in [1.807, 2.05) is 36.4 Å². The fourth-order valence-corrected chi connectivity index (χ4v) is 2.48. The van der Waals surface area contributed by atoms with Crippen LogP contribution in [-0.4, -0.2) is 20.5 Å². The van der Waals surface area contributed by atoms with Crippen LogP contribution in [0.15, 0.2) is 48.5 Å². The van der Waals surface area contributed by atoms with Gasteiger partial charge in [-0.25, -0.2) is 0 Å². The van der Waals surface area contributed by atoms with Crippen LogP contribution in [-0.2, 0) is 9.31 Å². The summed E-state index contributed by atoms with van der Waals surface area (Å²) in [7, 11) is -0.352. The Balaban J connectivity index is 1.54. The van der Waals surface area contributed by atoms with E-state index in [1.54, 1.807) is 0 Å². The zero-order valence-electron chi connectivity index (χ0n) is 10.8. The van der Waals surface area contributed by atoms with Gasteiger partial charge in [-0.15, -0.1) is 0 Å². The van der Waals surface area contributed by atoms with Gasteiger partial charge >= 0.3 is 7.12 Å². The molecule has 0 aliphatic carbocycles. The summed E-state index contributed by atoms with van der Waals surface area (Å²) in [6, 6.07) is 15.9. The summed E-state index contributed by atoms with van der Waals surface area (Å²) in [5, 5.41) is 0. The van der Waals surface area contributed by atoms with E-state index in [9.17, 15) is 0 Å². The van der Waals surface area contributed by atoms with Gasteiger partial charge in [0, 0.05) is 0 Å². The zero-order valence-corrected chi connectivity index (χ0v) is 10.8. The first-order chi connectivity index (χ1) is 9.90. The van der Waals surface area contributed by atoms with Crippen molar-refractivity contribution in [1.29, 1.82) is 0 Å². The summed E-state index contributed by atoms with van der Waals surface area (Å²) >= 11 is 0.